The molecule has 0 radical (unpaired) electrons. The van der Waals surface area contributed by atoms with Gasteiger partial charge < -0.3 is 10.1 Å². The van der Waals surface area contributed by atoms with Crippen molar-refractivity contribution in [2.45, 2.75) is 32.7 Å². The number of methoxy groups -OCH3 is 1. The van der Waals surface area contributed by atoms with Gasteiger partial charge in [-0.3, -0.25) is 4.90 Å². The molecular formula is C14H26N2O. The summed E-state index contributed by atoms with van der Waals surface area (Å²) in [7, 11) is 1.79. The maximum absolute atomic E-state index is 5.23. The largest absolute Gasteiger partial charge is 0.383 e. The van der Waals surface area contributed by atoms with Gasteiger partial charge in [-0.2, -0.15) is 0 Å². The number of nitrogens with one attached hydrogen (secondary N) is 1. The molecule has 2 fully saturated rings. The molecule has 1 N–H and O–H groups in total. The van der Waals surface area contributed by atoms with E-state index in [0.29, 0.717) is 6.04 Å². The van der Waals surface area contributed by atoms with Crippen LogP contribution in [0.3, 0.4) is 0 Å². The highest BCUT2D eigenvalue weighted by atomic mass is 16.5. The van der Waals surface area contributed by atoms with Gasteiger partial charge in [-0.1, -0.05) is 5.57 Å². The Morgan fingerprint density at radius 3 is 2.65 bits per heavy atom. The summed E-state index contributed by atoms with van der Waals surface area (Å²) >= 11 is 0. The van der Waals surface area contributed by atoms with Gasteiger partial charge in [-0.15, -0.1) is 0 Å². The minimum absolute atomic E-state index is 0.716. The zero-order valence-corrected chi connectivity index (χ0v) is 11.5. The molecule has 1 saturated heterocycles. The van der Waals surface area contributed by atoms with E-state index < -0.39 is 0 Å². The molecule has 0 aromatic carbocycles. The molecule has 0 spiro atoms. The Morgan fingerprint density at radius 1 is 1.47 bits per heavy atom. The van der Waals surface area contributed by atoms with Crippen molar-refractivity contribution >= 4 is 0 Å². The van der Waals surface area contributed by atoms with Crippen LogP contribution >= 0.6 is 0 Å². The average molecular weight is 238 g/mol. The van der Waals surface area contributed by atoms with Crippen molar-refractivity contribution in [1.82, 2.24) is 10.2 Å². The van der Waals surface area contributed by atoms with Crippen molar-refractivity contribution in [2.24, 2.45) is 5.92 Å². The fraction of sp³-hybridized carbons (Fsp3) is 0.857. The van der Waals surface area contributed by atoms with Crippen molar-refractivity contribution in [3.63, 3.8) is 0 Å². The Hall–Kier alpha value is -0.380. The normalized spacial score (nSPS) is 21.5. The molecule has 0 aromatic rings. The molecule has 98 valence electrons. The van der Waals surface area contributed by atoms with Crippen LogP contribution in [0.5, 0.6) is 0 Å². The van der Waals surface area contributed by atoms with E-state index in [9.17, 15) is 0 Å². The molecule has 2 rings (SSSR count). The van der Waals surface area contributed by atoms with Crippen LogP contribution in [0.1, 0.15) is 26.7 Å². The van der Waals surface area contributed by atoms with Gasteiger partial charge in [0.2, 0.25) is 0 Å². The predicted molar refractivity (Wildman–Crippen MR) is 71.2 cm³/mol. The zero-order valence-electron chi connectivity index (χ0n) is 11.5. The third kappa shape index (κ3) is 3.54. The van der Waals surface area contributed by atoms with Crippen LogP contribution < -0.4 is 5.32 Å². The lowest BCUT2D eigenvalue weighted by atomic mass is 10.0. The van der Waals surface area contributed by atoms with Gasteiger partial charge in [0.1, 0.15) is 0 Å². The minimum Gasteiger partial charge on any atom is -0.383 e. The molecule has 0 aromatic heterocycles. The Kier molecular flexibility index (Phi) is 4.60. The number of rotatable bonds is 7. The average Bonchev–Trinajstić information content (AvgIpc) is 3.04. The fourth-order valence-electron chi connectivity index (χ4n) is 2.48. The van der Waals surface area contributed by atoms with Crippen LogP contribution in [-0.2, 0) is 4.74 Å². The Labute approximate surface area is 105 Å². The lowest BCUT2D eigenvalue weighted by molar-refractivity contribution is 0.124. The standard InChI is InChI=1S/C14H26N2O/c1-11(14-8-15-9-14)10-16(6-7-17-3)12(2)13-4-5-13/h12-13,15H,4-10H2,1-3H3. The number of hydrogen-bond acceptors (Lipinski definition) is 3. The lowest BCUT2D eigenvalue weighted by Gasteiger charge is -2.31. The molecule has 1 aliphatic carbocycles. The molecule has 1 atom stereocenters. The van der Waals surface area contributed by atoms with Gasteiger partial charge in [0.15, 0.2) is 0 Å². The molecule has 1 saturated carbocycles. The monoisotopic (exact) mass is 238 g/mol. The topological polar surface area (TPSA) is 24.5 Å². The molecule has 0 bridgehead atoms. The van der Waals surface area contributed by atoms with Gasteiger partial charge in [0, 0.05) is 39.3 Å². The van der Waals surface area contributed by atoms with Crippen LogP contribution in [0.4, 0.5) is 0 Å². The second-order valence-electron chi connectivity index (χ2n) is 5.53. The van der Waals surface area contributed by atoms with E-state index in [2.05, 4.69) is 24.1 Å². The van der Waals surface area contributed by atoms with Gasteiger partial charge in [0.25, 0.3) is 0 Å². The van der Waals surface area contributed by atoms with Gasteiger partial charge in [0.05, 0.1) is 6.61 Å². The maximum Gasteiger partial charge on any atom is 0.0589 e. The van der Waals surface area contributed by atoms with Crippen molar-refractivity contribution in [3.8, 4) is 0 Å². The van der Waals surface area contributed by atoms with Crippen LogP contribution in [0.2, 0.25) is 0 Å². The summed E-state index contributed by atoms with van der Waals surface area (Å²) in [6, 6.07) is 0.716. The Bertz CT molecular complexity index is 278. The molecule has 1 aliphatic heterocycles. The van der Waals surface area contributed by atoms with Crippen molar-refractivity contribution < 1.29 is 4.74 Å². The van der Waals surface area contributed by atoms with Crippen LogP contribution in [-0.4, -0.2) is 50.8 Å². The van der Waals surface area contributed by atoms with Crippen molar-refractivity contribution in [1.29, 1.82) is 0 Å². The fourth-order valence-corrected chi connectivity index (χ4v) is 2.48. The summed E-state index contributed by atoms with van der Waals surface area (Å²) in [6.45, 7) is 9.89. The number of nitrogens with zero attached hydrogens (tertiary/aromatic N) is 1. The first kappa shape index (κ1) is 13.1. The Morgan fingerprint density at radius 2 is 2.18 bits per heavy atom. The molecular weight excluding hydrogens is 212 g/mol. The first-order valence-corrected chi connectivity index (χ1v) is 6.83. The van der Waals surface area contributed by atoms with E-state index in [1.54, 1.807) is 18.3 Å². The van der Waals surface area contributed by atoms with Crippen LogP contribution in [0.15, 0.2) is 11.1 Å². The molecule has 0 amide bonds. The first-order valence-electron chi connectivity index (χ1n) is 6.83. The van der Waals surface area contributed by atoms with E-state index in [4.69, 9.17) is 4.74 Å². The quantitative estimate of drug-likeness (QED) is 0.683. The molecule has 3 nitrogen and oxygen atoms in total. The van der Waals surface area contributed by atoms with Gasteiger partial charge in [-0.05, 0) is 38.2 Å². The number of hydrogen-bond donors (Lipinski definition) is 1. The van der Waals surface area contributed by atoms with E-state index in [1.807, 2.05) is 0 Å². The third-order valence-electron chi connectivity index (χ3n) is 4.18. The summed E-state index contributed by atoms with van der Waals surface area (Å²) < 4.78 is 5.23. The summed E-state index contributed by atoms with van der Waals surface area (Å²) in [5.74, 6) is 0.934. The molecule has 1 heterocycles. The highest BCUT2D eigenvalue weighted by Gasteiger charge is 2.32. The maximum atomic E-state index is 5.23. The third-order valence-corrected chi connectivity index (χ3v) is 4.18. The summed E-state index contributed by atoms with van der Waals surface area (Å²) in [5.41, 5.74) is 3.17. The van der Waals surface area contributed by atoms with Crippen molar-refractivity contribution in [2.75, 3.05) is 39.9 Å². The summed E-state index contributed by atoms with van der Waals surface area (Å²) in [6.07, 6.45) is 2.84. The SMILES string of the molecule is COCCN(CC(C)=C1CNC1)C(C)C1CC1. The predicted octanol–water partition coefficient (Wildman–Crippen LogP) is 1.65. The Balaban J connectivity index is 1.89. The second kappa shape index (κ2) is 5.98. The zero-order chi connectivity index (χ0) is 12.3. The highest BCUT2D eigenvalue weighted by molar-refractivity contribution is 5.22. The first-order chi connectivity index (χ1) is 8.22. The van der Waals surface area contributed by atoms with E-state index in [0.717, 1.165) is 38.7 Å². The summed E-state index contributed by atoms with van der Waals surface area (Å²) in [5, 5.41) is 3.32. The minimum atomic E-state index is 0.716. The van der Waals surface area contributed by atoms with Crippen LogP contribution in [0.25, 0.3) is 0 Å². The highest BCUT2D eigenvalue weighted by Crippen LogP contribution is 2.35. The lowest BCUT2D eigenvalue weighted by Crippen LogP contribution is -2.41. The van der Waals surface area contributed by atoms with Gasteiger partial charge in [-0.25, -0.2) is 0 Å². The smallest absolute Gasteiger partial charge is 0.0589 e. The van der Waals surface area contributed by atoms with Gasteiger partial charge >= 0.3 is 0 Å². The molecule has 17 heavy (non-hydrogen) atoms. The van der Waals surface area contributed by atoms with E-state index in [-0.39, 0.29) is 0 Å². The van der Waals surface area contributed by atoms with E-state index >= 15 is 0 Å². The number of ether oxygens (including phenoxy) is 1. The van der Waals surface area contributed by atoms with Crippen molar-refractivity contribution in [3.05, 3.63) is 11.1 Å². The molecule has 1 unspecified atom stereocenters. The second-order valence-corrected chi connectivity index (χ2v) is 5.53. The molecule has 2 aliphatic rings. The van der Waals surface area contributed by atoms with Crippen LogP contribution in [0, 0.1) is 5.92 Å². The molecule has 3 heteroatoms. The van der Waals surface area contributed by atoms with E-state index in [1.165, 1.54) is 12.8 Å². The summed E-state index contributed by atoms with van der Waals surface area (Å²) in [4.78, 5) is 2.60.